The first-order chi connectivity index (χ1) is 15.7. The molecule has 2 amide bonds. The molecule has 3 heterocycles. The number of hydrogen-bond acceptors (Lipinski definition) is 4. The van der Waals surface area contributed by atoms with Gasteiger partial charge in [0.2, 0.25) is 5.91 Å². The van der Waals surface area contributed by atoms with Crippen LogP contribution in [0.1, 0.15) is 39.9 Å². The van der Waals surface area contributed by atoms with E-state index in [1.165, 1.54) is 11.3 Å². The fourth-order valence-corrected chi connectivity index (χ4v) is 4.97. The van der Waals surface area contributed by atoms with E-state index < -0.39 is 6.04 Å². The predicted octanol–water partition coefficient (Wildman–Crippen LogP) is 4.33. The van der Waals surface area contributed by atoms with E-state index in [4.69, 9.17) is 4.98 Å². The van der Waals surface area contributed by atoms with Crippen molar-refractivity contribution in [3.05, 3.63) is 88.4 Å². The second kappa shape index (κ2) is 8.96. The molecule has 1 aliphatic heterocycles. The van der Waals surface area contributed by atoms with Crippen LogP contribution >= 0.6 is 11.3 Å². The zero-order valence-corrected chi connectivity index (χ0v) is 18.3. The molecule has 2 aromatic heterocycles. The first-order valence-electron chi connectivity index (χ1n) is 10.8. The summed E-state index contributed by atoms with van der Waals surface area (Å²) < 4.78 is 0. The molecule has 0 radical (unpaired) electrons. The summed E-state index contributed by atoms with van der Waals surface area (Å²) in [5.74, 6) is 0.521. The van der Waals surface area contributed by atoms with Crippen molar-refractivity contribution in [2.24, 2.45) is 0 Å². The number of carbonyl (C=O) groups is 2. The number of nitrogens with one attached hydrogen (secondary N) is 2. The minimum Gasteiger partial charge on any atom is -0.344 e. The van der Waals surface area contributed by atoms with Crippen LogP contribution in [-0.2, 0) is 11.2 Å². The minimum atomic E-state index is -0.466. The molecule has 32 heavy (non-hydrogen) atoms. The number of carbonyl (C=O) groups excluding carboxylic acids is 2. The fourth-order valence-electron chi connectivity index (χ4n) is 4.30. The van der Waals surface area contributed by atoms with Crippen LogP contribution in [0.25, 0.3) is 11.0 Å². The largest absolute Gasteiger partial charge is 0.344 e. The van der Waals surface area contributed by atoms with Gasteiger partial charge in [-0.05, 0) is 48.4 Å². The predicted molar refractivity (Wildman–Crippen MR) is 126 cm³/mol. The summed E-state index contributed by atoms with van der Waals surface area (Å²) in [4.78, 5) is 36.8. The summed E-state index contributed by atoms with van der Waals surface area (Å²) in [6.45, 7) is 0.600. The van der Waals surface area contributed by atoms with Gasteiger partial charge in [-0.25, -0.2) is 4.98 Å². The molecule has 162 valence electrons. The maximum atomic E-state index is 13.4. The highest BCUT2D eigenvalue weighted by atomic mass is 32.1. The number of aromatic nitrogens is 2. The van der Waals surface area contributed by atoms with Crippen molar-refractivity contribution in [3.63, 3.8) is 0 Å². The maximum absolute atomic E-state index is 13.4. The lowest BCUT2D eigenvalue weighted by Gasteiger charge is -2.26. The van der Waals surface area contributed by atoms with E-state index in [-0.39, 0.29) is 17.9 Å². The third kappa shape index (κ3) is 4.16. The number of nitrogens with zero attached hydrogens (tertiary/aromatic N) is 2. The lowest BCUT2D eigenvalue weighted by Crippen LogP contribution is -2.47. The van der Waals surface area contributed by atoms with E-state index in [2.05, 4.69) is 10.3 Å². The summed E-state index contributed by atoms with van der Waals surface area (Å²) in [5, 5.41) is 5.08. The smallest absolute Gasteiger partial charge is 0.264 e. The summed E-state index contributed by atoms with van der Waals surface area (Å²) in [6, 6.07) is 20.8. The van der Waals surface area contributed by atoms with Gasteiger partial charge in [-0.2, -0.15) is 0 Å². The Morgan fingerprint density at radius 1 is 1.09 bits per heavy atom. The average molecular weight is 445 g/mol. The Hall–Kier alpha value is -3.45. The number of fused-ring (bicyclic) bond motifs is 1. The third-order valence-corrected chi connectivity index (χ3v) is 6.74. The first-order valence-corrected chi connectivity index (χ1v) is 11.7. The lowest BCUT2D eigenvalue weighted by atomic mass is 10.0. The third-order valence-electron chi connectivity index (χ3n) is 5.89. The molecule has 6 nitrogen and oxygen atoms in total. The molecule has 0 unspecified atom stereocenters. The van der Waals surface area contributed by atoms with Crippen LogP contribution in [0.3, 0.4) is 0 Å². The summed E-state index contributed by atoms with van der Waals surface area (Å²) in [5.41, 5.74) is 2.91. The van der Waals surface area contributed by atoms with E-state index in [1.807, 2.05) is 72.1 Å². The zero-order chi connectivity index (χ0) is 21.9. The molecule has 1 fully saturated rings. The molecule has 1 aliphatic rings. The van der Waals surface area contributed by atoms with Crippen molar-refractivity contribution in [3.8, 4) is 0 Å². The average Bonchev–Trinajstić information content (AvgIpc) is 3.59. The number of imidazole rings is 1. The summed E-state index contributed by atoms with van der Waals surface area (Å²) in [6.07, 6.45) is 2.10. The minimum absolute atomic E-state index is 0.0685. The highest BCUT2D eigenvalue weighted by Crippen LogP contribution is 2.25. The normalized spacial score (nSPS) is 16.9. The van der Waals surface area contributed by atoms with Gasteiger partial charge in [0.25, 0.3) is 5.91 Å². The standard InChI is InChI=1S/C25H24N4O2S/c30-24(21-12-6-14-29(21)25(31)22-13-7-15-32-22)28-20(16-17-8-2-1-3-9-17)23-26-18-10-4-5-11-19(18)27-23/h1-5,7-11,13,15,20-21H,6,12,14,16H2,(H,26,27)(H,28,30)/t20-,21-/m0/s1. The van der Waals surface area contributed by atoms with Crippen molar-refractivity contribution in [2.45, 2.75) is 31.3 Å². The van der Waals surface area contributed by atoms with E-state index in [9.17, 15) is 9.59 Å². The Morgan fingerprint density at radius 3 is 2.69 bits per heavy atom. The monoisotopic (exact) mass is 444 g/mol. The molecule has 7 heteroatoms. The molecule has 0 saturated carbocycles. The van der Waals surface area contributed by atoms with Crippen LogP contribution in [0.15, 0.2) is 72.1 Å². The molecule has 2 N–H and O–H groups in total. The topological polar surface area (TPSA) is 78.1 Å². The van der Waals surface area contributed by atoms with Crippen LogP contribution in [0, 0.1) is 0 Å². The van der Waals surface area contributed by atoms with Crippen molar-refractivity contribution >= 4 is 34.2 Å². The summed E-state index contributed by atoms with van der Waals surface area (Å²) in [7, 11) is 0. The van der Waals surface area contributed by atoms with Gasteiger partial charge < -0.3 is 15.2 Å². The molecule has 5 rings (SSSR count). The Bertz CT molecular complexity index is 1190. The molecule has 1 saturated heterocycles. The molecule has 0 aliphatic carbocycles. The van der Waals surface area contributed by atoms with Gasteiger partial charge in [0, 0.05) is 6.54 Å². The van der Waals surface area contributed by atoms with Crippen LogP contribution < -0.4 is 5.32 Å². The quantitative estimate of drug-likeness (QED) is 0.465. The second-order valence-corrected chi connectivity index (χ2v) is 8.97. The molecular formula is C25H24N4O2S. The second-order valence-electron chi connectivity index (χ2n) is 8.02. The molecular weight excluding hydrogens is 420 g/mol. The SMILES string of the molecule is O=C(N[C@@H](Cc1ccccc1)c1nc2ccccc2[nH]1)[C@@H]1CCCN1C(=O)c1cccs1. The number of amides is 2. The first kappa shape index (κ1) is 20.5. The highest BCUT2D eigenvalue weighted by Gasteiger charge is 2.36. The van der Waals surface area contributed by atoms with Gasteiger partial charge in [0.15, 0.2) is 0 Å². The number of benzene rings is 2. The summed E-state index contributed by atoms with van der Waals surface area (Å²) >= 11 is 1.41. The van der Waals surface area contributed by atoms with Crippen molar-refractivity contribution in [1.82, 2.24) is 20.2 Å². The fraction of sp³-hybridized carbons (Fsp3) is 0.240. The van der Waals surface area contributed by atoms with Crippen LogP contribution in [0.5, 0.6) is 0 Å². The van der Waals surface area contributed by atoms with Gasteiger partial charge in [-0.15, -0.1) is 11.3 Å². The number of para-hydroxylation sites is 2. The van der Waals surface area contributed by atoms with E-state index in [1.54, 1.807) is 4.90 Å². The lowest BCUT2D eigenvalue weighted by molar-refractivity contribution is -0.125. The van der Waals surface area contributed by atoms with Gasteiger partial charge in [-0.1, -0.05) is 48.5 Å². The van der Waals surface area contributed by atoms with Gasteiger partial charge in [-0.3, -0.25) is 9.59 Å². The van der Waals surface area contributed by atoms with Crippen LogP contribution in [0.2, 0.25) is 0 Å². The molecule has 2 atom stereocenters. The maximum Gasteiger partial charge on any atom is 0.264 e. The number of H-pyrrole nitrogens is 1. The van der Waals surface area contributed by atoms with Gasteiger partial charge in [0.1, 0.15) is 11.9 Å². The number of thiophene rings is 1. The Kier molecular flexibility index (Phi) is 5.73. The number of rotatable bonds is 6. The molecule has 0 spiro atoms. The Balaban J connectivity index is 1.40. The van der Waals surface area contributed by atoms with Crippen molar-refractivity contribution in [1.29, 1.82) is 0 Å². The van der Waals surface area contributed by atoms with Gasteiger partial charge >= 0.3 is 0 Å². The van der Waals surface area contributed by atoms with Gasteiger partial charge in [0.05, 0.1) is 22.0 Å². The Labute approximate surface area is 190 Å². The van der Waals surface area contributed by atoms with Crippen molar-refractivity contribution in [2.75, 3.05) is 6.54 Å². The molecule has 0 bridgehead atoms. The van der Waals surface area contributed by atoms with Crippen molar-refractivity contribution < 1.29 is 9.59 Å². The zero-order valence-electron chi connectivity index (χ0n) is 17.5. The van der Waals surface area contributed by atoms with E-state index in [0.717, 1.165) is 28.8 Å². The van der Waals surface area contributed by atoms with Crippen LogP contribution in [0.4, 0.5) is 0 Å². The number of aromatic amines is 1. The number of likely N-dealkylation sites (tertiary alicyclic amines) is 1. The van der Waals surface area contributed by atoms with E-state index >= 15 is 0 Å². The van der Waals surface area contributed by atoms with Crippen LogP contribution in [-0.4, -0.2) is 39.3 Å². The Morgan fingerprint density at radius 2 is 1.91 bits per heavy atom. The molecule has 4 aromatic rings. The van der Waals surface area contributed by atoms with E-state index in [0.29, 0.717) is 24.3 Å². The highest BCUT2D eigenvalue weighted by molar-refractivity contribution is 7.12. The molecule has 2 aromatic carbocycles. The number of hydrogen-bond donors (Lipinski definition) is 2.